The van der Waals surface area contributed by atoms with Gasteiger partial charge in [0.05, 0.1) is 6.61 Å². The van der Waals surface area contributed by atoms with Crippen LogP contribution in [0.4, 0.5) is 5.69 Å². The Morgan fingerprint density at radius 3 is 2.58 bits per heavy atom. The third-order valence-corrected chi connectivity index (χ3v) is 1.36. The van der Waals surface area contributed by atoms with Crippen LogP contribution in [0.1, 0.15) is 6.92 Å². The number of nitrogens with one attached hydrogen (secondary N) is 1. The first-order valence-corrected chi connectivity index (χ1v) is 3.73. The molecule has 0 aliphatic rings. The van der Waals surface area contributed by atoms with Crippen molar-refractivity contribution in [3.05, 3.63) is 24.3 Å². The van der Waals surface area contributed by atoms with Gasteiger partial charge in [-0.2, -0.15) is 0 Å². The molecule has 0 saturated carbocycles. The minimum atomic E-state index is 0.645. The largest absolute Gasteiger partial charge is 0.494 e. The zero-order chi connectivity index (χ0) is 8.81. The van der Waals surface area contributed by atoms with Crippen LogP contribution in [0.2, 0.25) is 0 Å². The van der Waals surface area contributed by atoms with Crippen molar-refractivity contribution in [1.29, 1.82) is 0 Å². The van der Waals surface area contributed by atoms with E-state index in [2.05, 4.69) is 5.32 Å². The predicted octanol–water partition coefficient (Wildman–Crippen LogP) is 1.56. The normalized spacial score (nSPS) is 9.08. The number of rotatable bonds is 4. The van der Waals surface area contributed by atoms with Gasteiger partial charge in [0.1, 0.15) is 5.75 Å². The molecule has 0 aliphatic carbocycles. The first-order chi connectivity index (χ1) is 5.86. The molecule has 3 heteroatoms. The van der Waals surface area contributed by atoms with Crippen molar-refractivity contribution in [2.75, 3.05) is 11.9 Å². The lowest BCUT2D eigenvalue weighted by Crippen LogP contribution is -1.94. The maximum Gasteiger partial charge on any atom is 0.314 e. The van der Waals surface area contributed by atoms with Crippen molar-refractivity contribution in [2.24, 2.45) is 0 Å². The Labute approximate surface area is 71.4 Å². The molecule has 1 aromatic carbocycles. The summed E-state index contributed by atoms with van der Waals surface area (Å²) in [6.45, 7) is 2.57. The number of carbonyl (C=O) groups excluding carboxylic acids is 1. The van der Waals surface area contributed by atoms with Crippen molar-refractivity contribution in [2.45, 2.75) is 6.92 Å². The SMILES string of the molecule is CCOc1ccc(N[C]=O)cc1. The van der Waals surface area contributed by atoms with E-state index in [1.165, 1.54) is 0 Å². The lowest BCUT2D eigenvalue weighted by atomic mass is 10.3. The quantitative estimate of drug-likeness (QED) is 0.686. The van der Waals surface area contributed by atoms with Crippen LogP contribution in [0.25, 0.3) is 0 Å². The van der Waals surface area contributed by atoms with E-state index in [4.69, 9.17) is 4.74 Å². The fraction of sp³-hybridized carbons (Fsp3) is 0.222. The Morgan fingerprint density at radius 1 is 1.42 bits per heavy atom. The zero-order valence-electron chi connectivity index (χ0n) is 6.83. The van der Waals surface area contributed by atoms with Crippen LogP contribution >= 0.6 is 0 Å². The first-order valence-electron chi connectivity index (χ1n) is 3.73. The van der Waals surface area contributed by atoms with E-state index in [-0.39, 0.29) is 0 Å². The summed E-state index contributed by atoms with van der Waals surface area (Å²) in [6.07, 6.45) is 1.59. The number of benzene rings is 1. The van der Waals surface area contributed by atoms with Gasteiger partial charge in [0, 0.05) is 5.69 Å². The highest BCUT2D eigenvalue weighted by molar-refractivity contribution is 5.71. The Hall–Kier alpha value is -1.51. The lowest BCUT2D eigenvalue weighted by molar-refractivity contribution is 0.340. The summed E-state index contributed by atoms with van der Waals surface area (Å²) in [6, 6.07) is 7.11. The average Bonchev–Trinajstić information content (AvgIpc) is 2.09. The fourth-order valence-electron chi connectivity index (χ4n) is 0.860. The van der Waals surface area contributed by atoms with E-state index in [1.54, 1.807) is 30.7 Å². The van der Waals surface area contributed by atoms with Crippen molar-refractivity contribution in [3.63, 3.8) is 0 Å². The maximum absolute atomic E-state index is 9.92. The number of hydrogen-bond acceptors (Lipinski definition) is 2. The summed E-state index contributed by atoms with van der Waals surface area (Å²) >= 11 is 0. The molecule has 0 bridgehead atoms. The molecule has 0 atom stereocenters. The molecule has 63 valence electrons. The van der Waals surface area contributed by atoms with Gasteiger partial charge in [0.2, 0.25) is 0 Å². The number of anilines is 1. The molecular formula is C9H10NO2. The van der Waals surface area contributed by atoms with Gasteiger partial charge in [-0.15, -0.1) is 0 Å². The van der Waals surface area contributed by atoms with Gasteiger partial charge in [-0.05, 0) is 31.2 Å². The van der Waals surface area contributed by atoms with Crippen molar-refractivity contribution < 1.29 is 9.53 Å². The Balaban J connectivity index is 2.64. The van der Waals surface area contributed by atoms with Gasteiger partial charge in [0.15, 0.2) is 0 Å². The van der Waals surface area contributed by atoms with E-state index >= 15 is 0 Å². The van der Waals surface area contributed by atoms with E-state index < -0.39 is 0 Å². The third-order valence-electron chi connectivity index (χ3n) is 1.36. The number of ether oxygens (including phenoxy) is 1. The van der Waals surface area contributed by atoms with Crippen LogP contribution in [0, 0.1) is 0 Å². The average molecular weight is 164 g/mol. The highest BCUT2D eigenvalue weighted by Crippen LogP contribution is 2.14. The monoisotopic (exact) mass is 164 g/mol. The van der Waals surface area contributed by atoms with Crippen LogP contribution in [-0.4, -0.2) is 13.0 Å². The van der Waals surface area contributed by atoms with Gasteiger partial charge >= 0.3 is 6.41 Å². The van der Waals surface area contributed by atoms with E-state index in [9.17, 15) is 4.79 Å². The minimum absolute atomic E-state index is 0.645. The summed E-state index contributed by atoms with van der Waals surface area (Å²) in [7, 11) is 0. The van der Waals surface area contributed by atoms with Crippen LogP contribution in [0.15, 0.2) is 24.3 Å². The van der Waals surface area contributed by atoms with Gasteiger partial charge in [-0.25, -0.2) is 0 Å². The molecule has 0 saturated heterocycles. The van der Waals surface area contributed by atoms with Crippen LogP contribution in [0.3, 0.4) is 0 Å². The highest BCUT2D eigenvalue weighted by atomic mass is 16.5. The lowest BCUT2D eigenvalue weighted by Gasteiger charge is -2.02. The molecule has 0 aromatic heterocycles. The number of hydrogen-bond donors (Lipinski definition) is 1. The first kappa shape index (κ1) is 8.59. The molecule has 3 nitrogen and oxygen atoms in total. The summed E-state index contributed by atoms with van der Waals surface area (Å²) in [5.74, 6) is 0.800. The molecule has 1 amide bonds. The predicted molar refractivity (Wildman–Crippen MR) is 46.9 cm³/mol. The topological polar surface area (TPSA) is 38.3 Å². The summed E-state index contributed by atoms with van der Waals surface area (Å²) < 4.78 is 5.21. The molecule has 0 heterocycles. The number of amides is 1. The van der Waals surface area contributed by atoms with Crippen molar-refractivity contribution >= 4 is 12.1 Å². The minimum Gasteiger partial charge on any atom is -0.494 e. The smallest absolute Gasteiger partial charge is 0.314 e. The molecule has 12 heavy (non-hydrogen) atoms. The molecule has 1 rings (SSSR count). The van der Waals surface area contributed by atoms with Crippen molar-refractivity contribution in [1.82, 2.24) is 0 Å². The van der Waals surface area contributed by atoms with Gasteiger partial charge in [-0.3, -0.25) is 4.79 Å². The van der Waals surface area contributed by atoms with Gasteiger partial charge < -0.3 is 10.1 Å². The third kappa shape index (κ3) is 2.27. The Kier molecular flexibility index (Phi) is 3.14. The standard InChI is InChI=1S/C9H10NO2/c1-2-12-9-5-3-8(4-6-9)10-7-11/h3-6H,2H2,1H3,(H,10,11). The maximum atomic E-state index is 9.92. The van der Waals surface area contributed by atoms with Gasteiger partial charge in [0.25, 0.3) is 0 Å². The van der Waals surface area contributed by atoms with Crippen LogP contribution in [0.5, 0.6) is 5.75 Å². The van der Waals surface area contributed by atoms with Gasteiger partial charge in [-0.1, -0.05) is 0 Å². The van der Waals surface area contributed by atoms with E-state index in [1.807, 2.05) is 6.92 Å². The molecule has 1 radical (unpaired) electrons. The molecule has 0 aliphatic heterocycles. The molecule has 1 aromatic rings. The van der Waals surface area contributed by atoms with Crippen molar-refractivity contribution in [3.8, 4) is 5.75 Å². The summed E-state index contributed by atoms with van der Waals surface area (Å²) in [4.78, 5) is 9.92. The molecule has 0 spiro atoms. The molecular weight excluding hydrogens is 154 g/mol. The van der Waals surface area contributed by atoms with Crippen LogP contribution < -0.4 is 10.1 Å². The Bertz CT molecular complexity index is 243. The molecule has 0 fully saturated rings. The molecule has 0 unspecified atom stereocenters. The Morgan fingerprint density at radius 2 is 2.08 bits per heavy atom. The summed E-state index contributed by atoms with van der Waals surface area (Å²) in [5.41, 5.74) is 0.716. The highest BCUT2D eigenvalue weighted by Gasteiger charge is 1.92. The van der Waals surface area contributed by atoms with Crippen LogP contribution in [-0.2, 0) is 4.79 Å². The second kappa shape index (κ2) is 4.38. The van der Waals surface area contributed by atoms with E-state index in [0.29, 0.717) is 12.3 Å². The fourth-order valence-corrected chi connectivity index (χ4v) is 0.860. The second-order valence-electron chi connectivity index (χ2n) is 2.18. The van der Waals surface area contributed by atoms with E-state index in [0.717, 1.165) is 5.75 Å². The second-order valence-corrected chi connectivity index (χ2v) is 2.18. The zero-order valence-corrected chi connectivity index (χ0v) is 6.83. The molecule has 1 N–H and O–H groups in total. The summed E-state index contributed by atoms with van der Waals surface area (Å²) in [5, 5.41) is 2.42.